The molecule has 2 rings (SSSR count). The van der Waals surface area contributed by atoms with Crippen LogP contribution in [0.4, 0.5) is 13.2 Å². The van der Waals surface area contributed by atoms with Gasteiger partial charge in [-0.25, -0.2) is 0 Å². The lowest BCUT2D eigenvalue weighted by molar-refractivity contribution is -0.137. The Morgan fingerprint density at radius 1 is 0.722 bits per heavy atom. The average Bonchev–Trinajstić information content (AvgIpc) is 2.25. The summed E-state index contributed by atoms with van der Waals surface area (Å²) in [6.07, 6.45) is -4.29. The molecule has 0 aliphatic rings. The maximum atomic E-state index is 12.7. The number of hydrogen-bond acceptors (Lipinski definition) is 0. The summed E-state index contributed by atoms with van der Waals surface area (Å²) in [5.41, 5.74) is 0.373. The molecule has 0 bridgehead atoms. The molecule has 0 radical (unpaired) electrons. The Bertz CT molecular complexity index is 526. The molecule has 0 unspecified atom stereocenters. The second-order valence-electron chi connectivity index (χ2n) is 5.52. The van der Waals surface area contributed by atoms with Crippen LogP contribution in [0.1, 0.15) is 31.9 Å². The van der Waals surface area contributed by atoms with Crippen molar-refractivity contribution in [3.05, 3.63) is 47.5 Å². The number of halogens is 3. The lowest BCUT2D eigenvalue weighted by Gasteiger charge is -2.19. The second kappa shape index (κ2) is 4.01. The average molecular weight is 252 g/mol. The summed E-state index contributed by atoms with van der Waals surface area (Å²) in [6, 6.07) is 9.53. The van der Waals surface area contributed by atoms with Crippen molar-refractivity contribution in [2.24, 2.45) is 0 Å². The number of hydrogen-bond donors (Lipinski definition) is 0. The maximum Gasteiger partial charge on any atom is 0.416 e. The quantitative estimate of drug-likeness (QED) is 0.607. The lowest BCUT2D eigenvalue weighted by atomic mass is 9.86. The van der Waals surface area contributed by atoms with Gasteiger partial charge in [-0.05, 0) is 33.9 Å². The van der Waals surface area contributed by atoms with E-state index in [-0.39, 0.29) is 5.41 Å². The van der Waals surface area contributed by atoms with Crippen molar-refractivity contribution in [3.63, 3.8) is 0 Å². The van der Waals surface area contributed by atoms with E-state index in [1.807, 2.05) is 39.0 Å². The third-order valence-corrected chi connectivity index (χ3v) is 3.03. The summed E-state index contributed by atoms with van der Waals surface area (Å²) in [6.45, 7) is 6.13. The van der Waals surface area contributed by atoms with E-state index in [4.69, 9.17) is 0 Å². The number of fused-ring (bicyclic) bond motifs is 1. The normalized spacial score (nSPS) is 13.0. The molecule has 2 aromatic rings. The third kappa shape index (κ3) is 2.50. The van der Waals surface area contributed by atoms with Gasteiger partial charge in [0.05, 0.1) is 5.56 Å². The van der Waals surface area contributed by atoms with E-state index in [9.17, 15) is 13.2 Å². The van der Waals surface area contributed by atoms with Gasteiger partial charge in [-0.3, -0.25) is 0 Å². The molecule has 0 heterocycles. The maximum absolute atomic E-state index is 12.7. The minimum Gasteiger partial charge on any atom is -0.166 e. The Morgan fingerprint density at radius 2 is 1.22 bits per heavy atom. The fourth-order valence-electron chi connectivity index (χ4n) is 1.89. The predicted octanol–water partition coefficient (Wildman–Crippen LogP) is 5.16. The van der Waals surface area contributed by atoms with Crippen molar-refractivity contribution in [1.29, 1.82) is 0 Å². The first kappa shape index (κ1) is 12.9. The van der Waals surface area contributed by atoms with Crippen molar-refractivity contribution >= 4 is 10.8 Å². The lowest BCUT2D eigenvalue weighted by Crippen LogP contribution is -2.10. The SMILES string of the molecule is CC(C)(C)c1ccc2ccc(C(F)(F)F)cc2c1. The van der Waals surface area contributed by atoms with Gasteiger partial charge in [0.25, 0.3) is 0 Å². The summed E-state index contributed by atoms with van der Waals surface area (Å²) >= 11 is 0. The molecule has 0 nitrogen and oxygen atoms in total. The Labute approximate surface area is 104 Å². The van der Waals surface area contributed by atoms with E-state index in [1.54, 1.807) is 0 Å². The van der Waals surface area contributed by atoms with Crippen molar-refractivity contribution in [2.75, 3.05) is 0 Å². The minimum atomic E-state index is -4.29. The van der Waals surface area contributed by atoms with Gasteiger partial charge in [0.15, 0.2) is 0 Å². The minimum absolute atomic E-state index is 0.0670. The summed E-state index contributed by atoms with van der Waals surface area (Å²) in [7, 11) is 0. The number of rotatable bonds is 0. The highest BCUT2D eigenvalue weighted by molar-refractivity contribution is 5.84. The molecule has 0 N–H and O–H groups in total. The third-order valence-electron chi connectivity index (χ3n) is 3.03. The molecule has 0 atom stereocenters. The number of benzene rings is 2. The van der Waals surface area contributed by atoms with Crippen LogP contribution in [0.2, 0.25) is 0 Å². The Balaban J connectivity index is 2.61. The highest BCUT2D eigenvalue weighted by Gasteiger charge is 2.30. The van der Waals surface area contributed by atoms with Crippen LogP contribution < -0.4 is 0 Å². The molecule has 0 aliphatic heterocycles. The van der Waals surface area contributed by atoms with E-state index in [0.29, 0.717) is 5.39 Å². The van der Waals surface area contributed by atoms with Crippen molar-refractivity contribution in [3.8, 4) is 0 Å². The van der Waals surface area contributed by atoms with Gasteiger partial charge in [-0.2, -0.15) is 13.2 Å². The molecule has 18 heavy (non-hydrogen) atoms. The van der Waals surface area contributed by atoms with E-state index >= 15 is 0 Å². The Hall–Kier alpha value is -1.51. The summed E-state index contributed by atoms with van der Waals surface area (Å²) in [4.78, 5) is 0. The molecule has 0 aliphatic carbocycles. The highest BCUT2D eigenvalue weighted by atomic mass is 19.4. The summed E-state index contributed by atoms with van der Waals surface area (Å²) in [5.74, 6) is 0. The van der Waals surface area contributed by atoms with Crippen molar-refractivity contribution in [2.45, 2.75) is 32.4 Å². The van der Waals surface area contributed by atoms with Crippen LogP contribution in [0, 0.1) is 0 Å². The Kier molecular flexibility index (Phi) is 2.88. The van der Waals surface area contributed by atoms with Gasteiger partial charge < -0.3 is 0 Å². The highest BCUT2D eigenvalue weighted by Crippen LogP contribution is 2.33. The van der Waals surface area contributed by atoms with Crippen LogP contribution in [0.5, 0.6) is 0 Å². The summed E-state index contributed by atoms with van der Waals surface area (Å²) in [5, 5.41) is 1.47. The number of alkyl halides is 3. The fraction of sp³-hybridized carbons (Fsp3) is 0.333. The van der Waals surface area contributed by atoms with Gasteiger partial charge in [-0.15, -0.1) is 0 Å². The topological polar surface area (TPSA) is 0 Å². The molecular weight excluding hydrogens is 237 g/mol. The fourth-order valence-corrected chi connectivity index (χ4v) is 1.89. The first-order chi connectivity index (χ1) is 8.18. The van der Waals surface area contributed by atoms with Gasteiger partial charge in [-0.1, -0.05) is 45.0 Å². The van der Waals surface area contributed by atoms with E-state index < -0.39 is 11.7 Å². The Morgan fingerprint density at radius 3 is 1.72 bits per heavy atom. The molecule has 0 saturated heterocycles. The largest absolute Gasteiger partial charge is 0.416 e. The molecule has 2 aromatic carbocycles. The smallest absolute Gasteiger partial charge is 0.166 e. The van der Waals surface area contributed by atoms with Crippen LogP contribution >= 0.6 is 0 Å². The molecule has 0 amide bonds. The van der Waals surface area contributed by atoms with Crippen molar-refractivity contribution < 1.29 is 13.2 Å². The van der Waals surface area contributed by atoms with Crippen LogP contribution in [0.15, 0.2) is 36.4 Å². The zero-order valence-corrected chi connectivity index (χ0v) is 10.6. The molecule has 0 fully saturated rings. The first-order valence-electron chi connectivity index (χ1n) is 5.79. The molecular formula is C15H15F3. The van der Waals surface area contributed by atoms with Gasteiger partial charge >= 0.3 is 6.18 Å². The van der Waals surface area contributed by atoms with Crippen LogP contribution in [0.25, 0.3) is 10.8 Å². The zero-order chi connectivity index (χ0) is 13.6. The monoisotopic (exact) mass is 252 g/mol. The molecule has 0 spiro atoms. The van der Waals surface area contributed by atoms with E-state index in [0.717, 1.165) is 17.0 Å². The van der Waals surface area contributed by atoms with E-state index in [1.165, 1.54) is 12.1 Å². The molecule has 0 saturated carbocycles. The van der Waals surface area contributed by atoms with E-state index in [2.05, 4.69) is 0 Å². The summed E-state index contributed by atoms with van der Waals surface area (Å²) < 4.78 is 38.0. The molecule has 3 heteroatoms. The van der Waals surface area contributed by atoms with Crippen LogP contribution in [-0.4, -0.2) is 0 Å². The van der Waals surface area contributed by atoms with Crippen LogP contribution in [0.3, 0.4) is 0 Å². The predicted molar refractivity (Wildman–Crippen MR) is 67.7 cm³/mol. The van der Waals surface area contributed by atoms with Gasteiger partial charge in [0.2, 0.25) is 0 Å². The molecule has 96 valence electrons. The molecule has 0 aromatic heterocycles. The van der Waals surface area contributed by atoms with Gasteiger partial charge in [0, 0.05) is 0 Å². The first-order valence-corrected chi connectivity index (χ1v) is 5.79. The van der Waals surface area contributed by atoms with Crippen LogP contribution in [-0.2, 0) is 11.6 Å². The van der Waals surface area contributed by atoms with Crippen molar-refractivity contribution in [1.82, 2.24) is 0 Å². The van der Waals surface area contributed by atoms with Gasteiger partial charge in [0.1, 0.15) is 0 Å². The standard InChI is InChI=1S/C15H15F3/c1-14(2,3)12-6-4-10-5-7-13(15(16,17)18)9-11(10)8-12/h4-9H,1-3H3. The zero-order valence-electron chi connectivity index (χ0n) is 10.6. The second-order valence-corrected chi connectivity index (χ2v) is 5.52.